The maximum absolute atomic E-state index is 12.6. The number of hydrogen-bond donors (Lipinski definition) is 3. The second-order valence-corrected chi connectivity index (χ2v) is 6.28. The minimum absolute atomic E-state index is 0.111. The molecule has 3 amide bonds. The number of nitrogens with one attached hydrogen (secondary N) is 3. The fourth-order valence-corrected chi connectivity index (χ4v) is 2.75. The number of amides is 3. The number of aryl methyl sites for hydroxylation is 1. The monoisotopic (exact) mass is 353 g/mol. The van der Waals surface area contributed by atoms with Gasteiger partial charge in [-0.25, -0.2) is 4.79 Å². The third-order valence-corrected chi connectivity index (χ3v) is 4.13. The second-order valence-electron chi connectivity index (χ2n) is 6.28. The number of rotatable bonds is 8. The highest BCUT2D eigenvalue weighted by atomic mass is 16.2. The van der Waals surface area contributed by atoms with Crippen molar-refractivity contribution in [1.29, 1.82) is 0 Å². The molecule has 0 aliphatic heterocycles. The van der Waals surface area contributed by atoms with Gasteiger partial charge in [0.1, 0.15) is 6.04 Å². The zero-order valence-electron chi connectivity index (χ0n) is 15.4. The summed E-state index contributed by atoms with van der Waals surface area (Å²) < 4.78 is 0. The van der Waals surface area contributed by atoms with Crippen LogP contribution in [0.3, 0.4) is 0 Å². The van der Waals surface area contributed by atoms with Crippen molar-refractivity contribution < 1.29 is 9.59 Å². The molecule has 0 bridgehead atoms. The Hall–Kier alpha value is -2.66. The Balaban J connectivity index is 2.01. The van der Waals surface area contributed by atoms with E-state index in [4.69, 9.17) is 0 Å². The predicted octanol–water partition coefficient (Wildman–Crippen LogP) is 3.18. The van der Waals surface area contributed by atoms with Gasteiger partial charge in [0, 0.05) is 12.6 Å². The van der Waals surface area contributed by atoms with Gasteiger partial charge in [-0.2, -0.15) is 0 Å². The van der Waals surface area contributed by atoms with E-state index in [9.17, 15) is 9.59 Å². The lowest BCUT2D eigenvalue weighted by Gasteiger charge is -2.23. The van der Waals surface area contributed by atoms with Crippen LogP contribution in [0.5, 0.6) is 0 Å². The topological polar surface area (TPSA) is 70.2 Å². The Morgan fingerprint density at radius 3 is 2.19 bits per heavy atom. The van der Waals surface area contributed by atoms with E-state index in [0.717, 1.165) is 18.4 Å². The van der Waals surface area contributed by atoms with Gasteiger partial charge < -0.3 is 5.32 Å². The molecule has 3 N–H and O–H groups in total. The van der Waals surface area contributed by atoms with Gasteiger partial charge in [0.15, 0.2) is 0 Å². The highest BCUT2D eigenvalue weighted by molar-refractivity contribution is 5.97. The summed E-state index contributed by atoms with van der Waals surface area (Å²) in [6, 6.07) is 18.8. The van der Waals surface area contributed by atoms with Crippen molar-refractivity contribution in [2.24, 2.45) is 0 Å². The van der Waals surface area contributed by atoms with E-state index in [0.29, 0.717) is 6.54 Å². The Morgan fingerprint density at radius 1 is 0.962 bits per heavy atom. The predicted molar refractivity (Wildman–Crippen MR) is 104 cm³/mol. The van der Waals surface area contributed by atoms with Gasteiger partial charge in [0.25, 0.3) is 0 Å². The molecule has 0 saturated carbocycles. The molecular formula is C21H27N3O2. The molecule has 0 aliphatic rings. The number of carbonyl (C=O) groups is 2. The third kappa shape index (κ3) is 6.33. The Labute approximate surface area is 155 Å². The molecule has 0 unspecified atom stereocenters. The molecule has 26 heavy (non-hydrogen) atoms. The molecule has 0 fully saturated rings. The van der Waals surface area contributed by atoms with Gasteiger partial charge in [-0.3, -0.25) is 15.4 Å². The summed E-state index contributed by atoms with van der Waals surface area (Å²) in [6.07, 6.45) is 1.82. The van der Waals surface area contributed by atoms with Gasteiger partial charge in [0.2, 0.25) is 5.91 Å². The fraction of sp³-hybridized carbons (Fsp3) is 0.333. The van der Waals surface area contributed by atoms with Crippen LogP contribution in [0, 0.1) is 0 Å². The summed E-state index contributed by atoms with van der Waals surface area (Å²) in [5.41, 5.74) is 2.10. The standard InChI is InChI=1S/C21H27N3O2/c1-3-22-21(26)24-20(25)19(18-12-8-5-9-13-18)23-16(2)14-15-17-10-6-4-7-11-17/h4-13,16,19,23H,3,14-15H2,1-2H3,(H2,22,24,25,26)/t16-,19-/m1/s1. The molecule has 0 aromatic heterocycles. The lowest BCUT2D eigenvalue weighted by molar-refractivity contribution is -0.122. The zero-order chi connectivity index (χ0) is 18.8. The summed E-state index contributed by atoms with van der Waals surface area (Å²) in [5, 5.41) is 8.35. The minimum atomic E-state index is -0.579. The summed E-state index contributed by atoms with van der Waals surface area (Å²) in [4.78, 5) is 24.3. The molecule has 0 spiro atoms. The van der Waals surface area contributed by atoms with E-state index >= 15 is 0 Å². The minimum Gasteiger partial charge on any atom is -0.338 e. The highest BCUT2D eigenvalue weighted by Crippen LogP contribution is 2.15. The number of imide groups is 1. The maximum atomic E-state index is 12.6. The number of carbonyl (C=O) groups excluding carboxylic acids is 2. The van der Waals surface area contributed by atoms with Gasteiger partial charge in [-0.15, -0.1) is 0 Å². The van der Waals surface area contributed by atoms with E-state index in [1.807, 2.05) is 55.5 Å². The van der Waals surface area contributed by atoms with Crippen LogP contribution >= 0.6 is 0 Å². The largest absolute Gasteiger partial charge is 0.338 e. The van der Waals surface area contributed by atoms with Crippen molar-refractivity contribution >= 4 is 11.9 Å². The first-order valence-corrected chi connectivity index (χ1v) is 9.03. The first-order chi connectivity index (χ1) is 12.6. The van der Waals surface area contributed by atoms with E-state index in [1.165, 1.54) is 5.56 Å². The van der Waals surface area contributed by atoms with Crippen LogP contribution in [0.4, 0.5) is 4.79 Å². The average Bonchev–Trinajstić information content (AvgIpc) is 2.66. The summed E-state index contributed by atoms with van der Waals surface area (Å²) in [7, 11) is 0. The summed E-state index contributed by atoms with van der Waals surface area (Å²) in [5.74, 6) is -0.353. The van der Waals surface area contributed by atoms with Crippen LogP contribution in [-0.4, -0.2) is 24.5 Å². The number of hydrogen-bond acceptors (Lipinski definition) is 3. The molecule has 2 aromatic carbocycles. The van der Waals surface area contributed by atoms with Crippen LogP contribution in [0.15, 0.2) is 60.7 Å². The van der Waals surface area contributed by atoms with Crippen molar-refractivity contribution in [3.63, 3.8) is 0 Å². The quantitative estimate of drug-likeness (QED) is 0.683. The molecule has 0 saturated heterocycles. The normalized spacial score (nSPS) is 12.8. The van der Waals surface area contributed by atoms with E-state index < -0.39 is 12.1 Å². The van der Waals surface area contributed by atoms with Gasteiger partial charge in [-0.05, 0) is 37.8 Å². The first-order valence-electron chi connectivity index (χ1n) is 9.03. The molecule has 0 aliphatic carbocycles. The molecule has 5 heteroatoms. The third-order valence-electron chi connectivity index (χ3n) is 4.13. The molecule has 2 aromatic rings. The molecule has 2 atom stereocenters. The highest BCUT2D eigenvalue weighted by Gasteiger charge is 2.23. The lowest BCUT2D eigenvalue weighted by atomic mass is 10.0. The average molecular weight is 353 g/mol. The Morgan fingerprint density at radius 2 is 1.58 bits per heavy atom. The van der Waals surface area contributed by atoms with Crippen LogP contribution < -0.4 is 16.0 Å². The fourth-order valence-electron chi connectivity index (χ4n) is 2.75. The van der Waals surface area contributed by atoms with Gasteiger partial charge in [-0.1, -0.05) is 60.7 Å². The zero-order valence-corrected chi connectivity index (χ0v) is 15.4. The van der Waals surface area contributed by atoms with Crippen molar-refractivity contribution in [2.75, 3.05) is 6.54 Å². The maximum Gasteiger partial charge on any atom is 0.321 e. The second kappa shape index (κ2) is 10.4. The molecule has 138 valence electrons. The van der Waals surface area contributed by atoms with Crippen LogP contribution in [0.1, 0.15) is 37.4 Å². The molecule has 5 nitrogen and oxygen atoms in total. The Kier molecular flexibility index (Phi) is 7.83. The molecule has 0 heterocycles. The van der Waals surface area contributed by atoms with Crippen LogP contribution in [0.25, 0.3) is 0 Å². The molecule has 2 rings (SSSR count). The van der Waals surface area contributed by atoms with Gasteiger partial charge >= 0.3 is 6.03 Å². The van der Waals surface area contributed by atoms with Crippen molar-refractivity contribution in [1.82, 2.24) is 16.0 Å². The van der Waals surface area contributed by atoms with Crippen molar-refractivity contribution in [3.05, 3.63) is 71.8 Å². The van der Waals surface area contributed by atoms with Crippen LogP contribution in [-0.2, 0) is 11.2 Å². The van der Waals surface area contributed by atoms with E-state index in [2.05, 4.69) is 35.0 Å². The van der Waals surface area contributed by atoms with Crippen LogP contribution in [0.2, 0.25) is 0 Å². The van der Waals surface area contributed by atoms with Crippen molar-refractivity contribution in [2.45, 2.75) is 38.8 Å². The number of urea groups is 1. The summed E-state index contributed by atoms with van der Waals surface area (Å²) in [6.45, 7) is 4.33. The summed E-state index contributed by atoms with van der Waals surface area (Å²) >= 11 is 0. The van der Waals surface area contributed by atoms with E-state index in [-0.39, 0.29) is 11.9 Å². The van der Waals surface area contributed by atoms with E-state index in [1.54, 1.807) is 0 Å². The SMILES string of the molecule is CCNC(=O)NC(=O)[C@H](N[C@H](C)CCc1ccccc1)c1ccccc1. The molecule has 0 radical (unpaired) electrons. The Bertz CT molecular complexity index is 689. The first kappa shape index (κ1) is 19.7. The lowest BCUT2D eigenvalue weighted by Crippen LogP contribution is -2.46. The molecular weight excluding hydrogens is 326 g/mol. The number of benzene rings is 2. The van der Waals surface area contributed by atoms with Gasteiger partial charge in [0.05, 0.1) is 0 Å². The van der Waals surface area contributed by atoms with Crippen molar-refractivity contribution in [3.8, 4) is 0 Å². The smallest absolute Gasteiger partial charge is 0.321 e.